The molecule has 0 amide bonds. The standard InChI is InChI=1S/C41H46N2O5S/c1-45-39-27-31(11-18-38(39)47-24-19-33-10-7-22-43(33)44)26-37-36-17-16-35(48-29-30-8-3-2-4-9-30)28-40(36)49-41(37)32-12-14-34(15-13-32)46-25-23-42-20-5-6-21-42/h2-4,8-9,11-18,27-28,33,43H,5-7,10,19-26,29H2,1H3. The van der Waals surface area contributed by atoms with Gasteiger partial charge in [-0.15, -0.1) is 11.3 Å². The topological polar surface area (TPSA) is 67.7 Å². The summed E-state index contributed by atoms with van der Waals surface area (Å²) in [5.41, 5.74) is 4.73. The number of rotatable bonds is 15. The lowest BCUT2D eigenvalue weighted by Gasteiger charge is -2.24. The maximum atomic E-state index is 12.1. The molecule has 7 nitrogen and oxygen atoms in total. The number of benzene rings is 4. The zero-order valence-electron chi connectivity index (χ0n) is 28.3. The van der Waals surface area contributed by atoms with Crippen LogP contribution in [0.25, 0.3) is 20.5 Å². The molecule has 4 aromatic carbocycles. The zero-order chi connectivity index (χ0) is 33.4. The molecule has 2 atom stereocenters. The Balaban J connectivity index is 1.11. The summed E-state index contributed by atoms with van der Waals surface area (Å²) in [6.45, 7) is 5.80. The number of fused-ring (bicyclic) bond motifs is 1. The van der Waals surface area contributed by atoms with Crippen molar-refractivity contribution in [3.63, 3.8) is 0 Å². The fraction of sp³-hybridized carbons (Fsp3) is 0.366. The van der Waals surface area contributed by atoms with Gasteiger partial charge in [0.1, 0.15) is 24.7 Å². The van der Waals surface area contributed by atoms with Crippen LogP contribution in [0.5, 0.6) is 23.0 Å². The largest absolute Gasteiger partial charge is 0.634 e. The Morgan fingerprint density at radius 1 is 0.796 bits per heavy atom. The van der Waals surface area contributed by atoms with Crippen LogP contribution in [0.1, 0.15) is 48.8 Å². The molecule has 1 aromatic heterocycles. The van der Waals surface area contributed by atoms with Crippen molar-refractivity contribution in [2.45, 2.75) is 51.2 Å². The molecule has 2 aliphatic rings. The van der Waals surface area contributed by atoms with Crippen LogP contribution >= 0.6 is 11.3 Å². The van der Waals surface area contributed by atoms with Crippen LogP contribution in [-0.2, 0) is 13.0 Å². The van der Waals surface area contributed by atoms with E-state index in [2.05, 4.69) is 71.6 Å². The van der Waals surface area contributed by atoms with Gasteiger partial charge in [0.2, 0.25) is 0 Å². The van der Waals surface area contributed by atoms with Gasteiger partial charge >= 0.3 is 0 Å². The molecule has 256 valence electrons. The monoisotopic (exact) mass is 678 g/mol. The fourth-order valence-corrected chi connectivity index (χ4v) is 8.28. The minimum Gasteiger partial charge on any atom is -0.634 e. The highest BCUT2D eigenvalue weighted by atomic mass is 32.1. The van der Waals surface area contributed by atoms with Crippen molar-refractivity contribution in [3.8, 4) is 33.4 Å². The summed E-state index contributed by atoms with van der Waals surface area (Å²) in [7, 11) is 1.68. The Hall–Kier alpha value is -4.08. The second kappa shape index (κ2) is 16.1. The predicted octanol–water partition coefficient (Wildman–Crippen LogP) is 7.54. The summed E-state index contributed by atoms with van der Waals surface area (Å²) < 4.78 is 25.4. The van der Waals surface area contributed by atoms with Crippen molar-refractivity contribution < 1.29 is 24.0 Å². The summed E-state index contributed by atoms with van der Waals surface area (Å²) in [5, 5.41) is 13.7. The van der Waals surface area contributed by atoms with Crippen molar-refractivity contribution in [2.24, 2.45) is 0 Å². The van der Waals surface area contributed by atoms with E-state index in [4.69, 9.17) is 18.9 Å². The van der Waals surface area contributed by atoms with E-state index in [-0.39, 0.29) is 6.04 Å². The molecule has 1 N–H and O–H groups in total. The number of thiophene rings is 1. The third kappa shape index (κ3) is 8.39. The van der Waals surface area contributed by atoms with Crippen LogP contribution in [0.3, 0.4) is 0 Å². The minimum absolute atomic E-state index is 0.135. The number of hydroxylamine groups is 2. The van der Waals surface area contributed by atoms with Gasteiger partial charge in [0, 0.05) is 35.4 Å². The van der Waals surface area contributed by atoms with Crippen LogP contribution in [0.15, 0.2) is 91.0 Å². The summed E-state index contributed by atoms with van der Waals surface area (Å²) >= 11 is 1.80. The first-order valence-corrected chi connectivity index (χ1v) is 18.4. The molecule has 0 spiro atoms. The lowest BCUT2D eigenvalue weighted by atomic mass is 9.98. The predicted molar refractivity (Wildman–Crippen MR) is 197 cm³/mol. The van der Waals surface area contributed by atoms with E-state index in [0.717, 1.165) is 54.9 Å². The number of hydrogen-bond acceptors (Lipinski definition) is 7. The third-order valence-corrected chi connectivity index (χ3v) is 11.0. The molecule has 2 saturated heterocycles. The molecule has 8 heteroatoms. The van der Waals surface area contributed by atoms with Crippen LogP contribution in [0.2, 0.25) is 0 Å². The van der Waals surface area contributed by atoms with Gasteiger partial charge in [0.05, 0.1) is 26.3 Å². The molecule has 2 fully saturated rings. The number of quaternary nitrogens is 1. The quantitative estimate of drug-likeness (QED) is 0.116. The molecule has 49 heavy (non-hydrogen) atoms. The van der Waals surface area contributed by atoms with Gasteiger partial charge in [-0.2, -0.15) is 0 Å². The lowest BCUT2D eigenvalue weighted by Crippen LogP contribution is -3.08. The minimum atomic E-state index is 0.135. The molecular formula is C41H46N2O5S. The number of hydrogen-bond donors (Lipinski definition) is 1. The SMILES string of the molecule is COc1cc(Cc2c(-c3ccc(OCCN4CCCC4)cc3)sc3cc(OCc4ccccc4)ccc23)ccc1OCCC1CCC[NH+]1[O-]. The maximum absolute atomic E-state index is 12.1. The van der Waals surface area contributed by atoms with Gasteiger partial charge in [-0.1, -0.05) is 36.4 Å². The van der Waals surface area contributed by atoms with Crippen LogP contribution in [0.4, 0.5) is 0 Å². The highest BCUT2D eigenvalue weighted by Gasteiger charge is 2.23. The highest BCUT2D eigenvalue weighted by molar-refractivity contribution is 7.22. The summed E-state index contributed by atoms with van der Waals surface area (Å²) in [6, 6.07) is 31.6. The molecule has 0 aliphatic carbocycles. The molecule has 0 bridgehead atoms. The fourth-order valence-electron chi connectivity index (χ4n) is 7.02. The zero-order valence-corrected chi connectivity index (χ0v) is 29.1. The summed E-state index contributed by atoms with van der Waals surface area (Å²) in [5.74, 6) is 3.19. The van der Waals surface area contributed by atoms with E-state index in [0.29, 0.717) is 42.9 Å². The van der Waals surface area contributed by atoms with E-state index in [1.807, 2.05) is 24.3 Å². The third-order valence-electron chi connectivity index (χ3n) is 9.77. The molecule has 0 saturated carbocycles. The Kier molecular flexibility index (Phi) is 11.0. The van der Waals surface area contributed by atoms with Crippen molar-refractivity contribution in [2.75, 3.05) is 46.5 Å². The first kappa shape index (κ1) is 33.4. The van der Waals surface area contributed by atoms with Crippen molar-refractivity contribution in [3.05, 3.63) is 113 Å². The smallest absolute Gasteiger partial charge is 0.161 e. The molecule has 3 heterocycles. The van der Waals surface area contributed by atoms with Crippen molar-refractivity contribution in [1.29, 1.82) is 0 Å². The summed E-state index contributed by atoms with van der Waals surface area (Å²) in [4.78, 5) is 3.71. The first-order chi connectivity index (χ1) is 24.1. The number of likely N-dealkylation sites (tertiary alicyclic amines) is 1. The van der Waals surface area contributed by atoms with Gasteiger partial charge in [0.25, 0.3) is 0 Å². The second-order valence-corrected chi connectivity index (χ2v) is 14.2. The number of nitrogens with zero attached hydrogens (tertiary/aromatic N) is 1. The average molecular weight is 679 g/mol. The first-order valence-electron chi connectivity index (χ1n) is 17.6. The maximum Gasteiger partial charge on any atom is 0.161 e. The van der Waals surface area contributed by atoms with Gasteiger partial charge in [-0.05, 0) is 115 Å². The van der Waals surface area contributed by atoms with E-state index < -0.39 is 0 Å². The van der Waals surface area contributed by atoms with Crippen molar-refractivity contribution >= 4 is 21.4 Å². The number of methoxy groups -OCH3 is 1. The molecule has 2 unspecified atom stereocenters. The van der Waals surface area contributed by atoms with Crippen LogP contribution in [-0.4, -0.2) is 57.4 Å². The Morgan fingerprint density at radius 2 is 1.61 bits per heavy atom. The van der Waals surface area contributed by atoms with Gasteiger partial charge in [-0.3, -0.25) is 4.90 Å². The number of nitrogens with one attached hydrogen (secondary N) is 1. The Bertz CT molecular complexity index is 1800. The van der Waals surface area contributed by atoms with Gasteiger partial charge in [0.15, 0.2) is 11.5 Å². The van der Waals surface area contributed by atoms with Crippen molar-refractivity contribution in [1.82, 2.24) is 4.90 Å². The lowest BCUT2D eigenvalue weighted by molar-refractivity contribution is -0.861. The van der Waals surface area contributed by atoms with Crippen LogP contribution in [0, 0.1) is 5.21 Å². The summed E-state index contributed by atoms with van der Waals surface area (Å²) in [6.07, 6.45) is 6.06. The second-order valence-electron chi connectivity index (χ2n) is 13.1. The normalized spacial score (nSPS) is 17.8. The number of ether oxygens (including phenoxy) is 4. The molecule has 0 radical (unpaired) electrons. The van der Waals surface area contributed by atoms with E-state index >= 15 is 0 Å². The van der Waals surface area contributed by atoms with Gasteiger partial charge in [-0.25, -0.2) is 0 Å². The molecule has 7 rings (SSSR count). The van der Waals surface area contributed by atoms with Gasteiger partial charge < -0.3 is 29.2 Å². The average Bonchev–Trinajstić information content (AvgIpc) is 3.89. The van der Waals surface area contributed by atoms with Crippen LogP contribution < -0.4 is 24.0 Å². The molecule has 2 aliphatic heterocycles. The van der Waals surface area contributed by atoms with E-state index in [9.17, 15) is 5.21 Å². The molecular weight excluding hydrogens is 633 g/mol. The Morgan fingerprint density at radius 3 is 2.39 bits per heavy atom. The highest BCUT2D eigenvalue weighted by Crippen LogP contribution is 2.42. The van der Waals surface area contributed by atoms with E-state index in [1.54, 1.807) is 18.4 Å². The van der Waals surface area contributed by atoms with E-state index in [1.165, 1.54) is 52.0 Å². The Labute approximate surface area is 293 Å². The molecule has 5 aromatic rings.